The summed E-state index contributed by atoms with van der Waals surface area (Å²) in [5.41, 5.74) is 15.8. The molecule has 115 heavy (non-hydrogen) atoms. The zero-order valence-corrected chi connectivity index (χ0v) is 69.1. The molecule has 0 bridgehead atoms. The first-order valence-electron chi connectivity index (χ1n) is 33.0. The Hall–Kier alpha value is -10.7. The number of terminal acetylenes is 1. The van der Waals surface area contributed by atoms with Gasteiger partial charge in [-0.25, -0.2) is 9.97 Å². The summed E-state index contributed by atoms with van der Waals surface area (Å²) >= 11 is 48.6. The van der Waals surface area contributed by atoms with Crippen molar-refractivity contribution < 1.29 is 52.4 Å². The second kappa shape index (κ2) is 49.8. The van der Waals surface area contributed by atoms with Gasteiger partial charge in [-0.3, -0.25) is 34.7 Å². The van der Waals surface area contributed by atoms with Crippen molar-refractivity contribution in [3.05, 3.63) is 318 Å². The van der Waals surface area contributed by atoms with Crippen molar-refractivity contribution in [1.82, 2.24) is 24.4 Å². The molecule has 3 aliphatic rings. The number of aldehydes is 1. The number of furan rings is 3. The number of halogens is 7. The second-order valence-corrected chi connectivity index (χ2v) is 29.6. The predicted molar refractivity (Wildman–Crippen MR) is 461 cm³/mol. The van der Waals surface area contributed by atoms with Crippen LogP contribution in [-0.4, -0.2) is 79.6 Å². The van der Waals surface area contributed by atoms with Crippen molar-refractivity contribution >= 4 is 186 Å². The molecule has 6 aromatic carbocycles. The second-order valence-electron chi connectivity index (χ2n) is 22.4. The summed E-state index contributed by atoms with van der Waals surface area (Å²) in [4.78, 5) is 78.0. The van der Waals surface area contributed by atoms with Crippen LogP contribution in [0.4, 0.5) is 5.69 Å². The van der Waals surface area contributed by atoms with E-state index in [9.17, 15) is 29.3 Å². The largest absolute Gasteiger partial charge is 0.465 e. The maximum absolute atomic E-state index is 11.5. The molecule has 2 atom stereocenters. The van der Waals surface area contributed by atoms with Crippen molar-refractivity contribution in [2.45, 2.75) is 57.6 Å². The first-order valence-corrected chi connectivity index (χ1v) is 39.3. The lowest BCUT2D eigenvalue weighted by Crippen LogP contribution is -2.18. The number of nitrogens with zero attached hydrogens (tertiary/aromatic N) is 8. The van der Waals surface area contributed by atoms with E-state index in [0.717, 1.165) is 68.9 Å². The zero-order valence-electron chi connectivity index (χ0n) is 60.6. The molecule has 594 valence electrons. The molecule has 0 aliphatic carbocycles. The van der Waals surface area contributed by atoms with Crippen LogP contribution in [0, 0.1) is 49.8 Å². The van der Waals surface area contributed by atoms with Gasteiger partial charge in [-0.05, 0) is 146 Å². The minimum Gasteiger partial charge on any atom is -0.465 e. The number of aromatic nitrogens is 4. The molecule has 3 aliphatic heterocycles. The average molecular weight is 1770 g/mol. The Labute approximate surface area is 712 Å². The van der Waals surface area contributed by atoms with E-state index in [1.54, 1.807) is 105 Å². The number of thioether (sulfide) groups is 4. The van der Waals surface area contributed by atoms with Crippen LogP contribution in [0.3, 0.4) is 0 Å². The molecule has 25 nitrogen and oxygen atoms in total. The lowest BCUT2D eigenvalue weighted by Gasteiger charge is -2.21. The number of nitro groups is 1. The fourth-order valence-corrected chi connectivity index (χ4v) is 14.1. The molecule has 8 heterocycles. The van der Waals surface area contributed by atoms with Gasteiger partial charge in [0.2, 0.25) is 0 Å². The molecular formula is C79H67Cl7N12O13S4. The smallest absolute Gasteiger partial charge is 0.291 e. The first-order chi connectivity index (χ1) is 55.2. The fraction of sp³-hybridized carbons (Fsp3) is 0.127. The monoisotopic (exact) mass is 1760 g/mol. The SMILES string of the molecule is C#CC.CC#CC.Clc1ccc(C(Cn2ccnc2)OCc2c(Cl)cccc2Cl)c(Cl)c1.Clc1ccc(CSC(Cn2ccnc2)c2ccc(Cl)cc2Cl)cc1.N=C1NC(=O)/C(=C/c2ccco2)S1.NC1=NC(=O)/C(=C/c2ccc(-c3ccccc3)o2)S1.NC1=NC(=O)CS1.O=Cc1ccc(-c2ccccc2[N+](=O)[O-])o1.O=[N+]([O-])O. The van der Waals surface area contributed by atoms with E-state index in [2.05, 4.69) is 54.0 Å². The molecule has 11 aromatic rings. The van der Waals surface area contributed by atoms with Gasteiger partial charge < -0.3 is 49.1 Å². The van der Waals surface area contributed by atoms with Crippen LogP contribution in [0.5, 0.6) is 0 Å². The number of amides is 3. The Bertz CT molecular complexity index is 5280. The maximum Gasteiger partial charge on any atom is 0.291 e. The summed E-state index contributed by atoms with van der Waals surface area (Å²) in [6.07, 6.45) is 20.5. The van der Waals surface area contributed by atoms with Crippen LogP contribution in [0.25, 0.3) is 34.8 Å². The highest BCUT2D eigenvalue weighted by atomic mass is 35.5. The van der Waals surface area contributed by atoms with Gasteiger partial charge in [0, 0.05) is 112 Å². The number of nitrogens with one attached hydrogen (secondary N) is 2. The van der Waals surface area contributed by atoms with Gasteiger partial charge in [0.05, 0.1) is 58.1 Å². The number of benzene rings is 6. The number of nitrogens with two attached hydrogens (primary N) is 2. The summed E-state index contributed by atoms with van der Waals surface area (Å²) < 4.78 is 26.0. The molecule has 14 rings (SSSR count). The van der Waals surface area contributed by atoms with E-state index in [0.29, 0.717) is 86.5 Å². The number of hydrogen-bond donors (Lipinski definition) is 5. The number of nitro benzene ring substituents is 1. The van der Waals surface area contributed by atoms with Gasteiger partial charge in [-0.1, -0.05) is 166 Å². The number of hydrogen-bond acceptors (Lipinski definition) is 21. The molecule has 7 N–H and O–H groups in total. The van der Waals surface area contributed by atoms with Gasteiger partial charge in [0.15, 0.2) is 27.5 Å². The zero-order chi connectivity index (χ0) is 83.8. The molecule has 3 amide bonds. The van der Waals surface area contributed by atoms with Gasteiger partial charge in [-0.15, -0.1) is 46.1 Å². The Kier molecular flexibility index (Phi) is 40.3. The number of carbonyl (C=O) groups is 4. The van der Waals surface area contributed by atoms with Crippen molar-refractivity contribution in [3.63, 3.8) is 0 Å². The summed E-state index contributed by atoms with van der Waals surface area (Å²) in [5, 5.41) is 39.3. The van der Waals surface area contributed by atoms with E-state index in [1.165, 1.54) is 41.8 Å². The number of para-hydroxylation sites is 1. The highest BCUT2D eigenvalue weighted by molar-refractivity contribution is 8.19. The summed E-state index contributed by atoms with van der Waals surface area (Å²) in [6, 6.07) is 50.5. The fourth-order valence-electron chi connectivity index (χ4n) is 9.22. The molecule has 1 saturated heterocycles. The number of rotatable bonds is 18. The number of ether oxygens (including phenoxy) is 1. The highest BCUT2D eigenvalue weighted by Gasteiger charge is 2.25. The summed E-state index contributed by atoms with van der Waals surface area (Å²) in [7, 11) is 0. The van der Waals surface area contributed by atoms with Crippen LogP contribution < -0.4 is 16.8 Å². The van der Waals surface area contributed by atoms with E-state index >= 15 is 0 Å². The average Bonchev–Trinajstić information content (AvgIpc) is 1.83. The van der Waals surface area contributed by atoms with Gasteiger partial charge in [0.1, 0.15) is 29.1 Å². The van der Waals surface area contributed by atoms with Crippen LogP contribution in [0.2, 0.25) is 35.2 Å². The van der Waals surface area contributed by atoms with Crippen molar-refractivity contribution in [2.24, 2.45) is 21.5 Å². The van der Waals surface area contributed by atoms with Crippen molar-refractivity contribution in [1.29, 1.82) is 5.41 Å². The van der Waals surface area contributed by atoms with Gasteiger partial charge in [0.25, 0.3) is 28.5 Å². The molecule has 2 unspecified atom stereocenters. The van der Waals surface area contributed by atoms with Crippen LogP contribution in [-0.2, 0) is 44.6 Å². The van der Waals surface area contributed by atoms with E-state index < -0.39 is 10.0 Å². The molecule has 0 radical (unpaired) electrons. The third kappa shape index (κ3) is 32.9. The maximum atomic E-state index is 11.5. The number of carbonyl (C=O) groups excluding carboxylic acids is 4. The number of aliphatic imine (C=N–C) groups is 2. The van der Waals surface area contributed by atoms with E-state index in [4.69, 9.17) is 131 Å². The Balaban J connectivity index is 0.000000214. The minimum absolute atomic E-state index is 0.0469. The molecule has 0 saturated carbocycles. The highest BCUT2D eigenvalue weighted by Crippen LogP contribution is 2.39. The van der Waals surface area contributed by atoms with E-state index in [-0.39, 0.29) is 57.5 Å². The number of imidazole rings is 2. The van der Waals surface area contributed by atoms with Gasteiger partial charge in [-0.2, -0.15) is 9.98 Å². The Morgan fingerprint density at radius 2 is 1.25 bits per heavy atom. The molecule has 36 heteroatoms. The molecule has 1 fully saturated rings. The van der Waals surface area contributed by atoms with Crippen LogP contribution in [0.1, 0.15) is 76.5 Å². The van der Waals surface area contributed by atoms with Gasteiger partial charge >= 0.3 is 0 Å². The quantitative estimate of drug-likeness (QED) is 0.0175. The third-order valence-corrected chi connectivity index (χ3v) is 20.2. The molecule has 0 spiro atoms. The third-order valence-electron chi connectivity index (χ3n) is 14.4. The Morgan fingerprint density at radius 3 is 1.76 bits per heavy atom. The van der Waals surface area contributed by atoms with Crippen LogP contribution >= 0.6 is 128 Å². The lowest BCUT2D eigenvalue weighted by atomic mass is 10.1. The minimum atomic E-state index is -1.50. The normalized spacial score (nSPS) is 13.3. The predicted octanol–water partition coefficient (Wildman–Crippen LogP) is 20.8. The van der Waals surface area contributed by atoms with E-state index in [1.807, 2.05) is 134 Å². The summed E-state index contributed by atoms with van der Waals surface area (Å²) in [6.45, 7) is 6.89. The first kappa shape index (κ1) is 93.1. The lowest BCUT2D eigenvalue weighted by molar-refractivity contribution is -0.742. The van der Waals surface area contributed by atoms with Crippen LogP contribution in [0.15, 0.2) is 247 Å². The number of amidine groups is 3. The Morgan fingerprint density at radius 1 is 0.678 bits per heavy atom. The summed E-state index contributed by atoms with van der Waals surface area (Å²) in [5.74, 6) is 10.7. The van der Waals surface area contributed by atoms with Crippen molar-refractivity contribution in [2.75, 3.05) is 5.75 Å². The topological polar surface area (TPSA) is 372 Å². The molecular weight excluding hydrogens is 1700 g/mol. The molecule has 5 aromatic heterocycles. The van der Waals surface area contributed by atoms with Crippen molar-refractivity contribution in [3.8, 4) is 46.8 Å². The standard InChI is InChI=1S/C18H14Cl4N2O.C18H15Cl3N2S.C14H10N2O2S.C11H7NO4.C8H6N2O2S.C4H6.C3H4N2OS.C3H4.HNO3/c19-12-4-5-13(17(22)8-12)18(9-24-7-6-23-11-24)25-10-14-15(20)2-1-3-16(14)21;19-14-3-1-13(2-4-14)11-24-18(10-23-8-7-22-12-23)16-6-5-15(20)9-17(16)21;15-14-16-13(17)12(19-14)8-10-6-7-11(18-10)9-4-2-1-3-5-9;13-7-8-5-6-11(16-8)9-3-1-2-4-10(9)12(14)15;9-8-10-7(11)6(13-8)4-5-2-1-3-12-5;1-3-4-2;4-3-5-2(6)1-7-3;1-3-2;2-1(3)4/h1-8,11,18H,9-10H2;1-9,12,18H,10-11H2;1-8H,(H2,15,16,17);1-7H;1-4H,(H2,9,10,11);1-2H3;1H2,(H2,4,5,6);1H,2H3;(H,2,3,4)/b;;12-8-;;6-4-;;;;.